The van der Waals surface area contributed by atoms with Crippen LogP contribution < -0.4 is 5.32 Å². The SMILES string of the molecule is Cc1cnn(Cc2cc(F)ccc2F)c1NC(=O)/C=C/c1ccccc1. The molecular weight excluding hydrogens is 336 g/mol. The van der Waals surface area contributed by atoms with Crippen LogP contribution in [0.25, 0.3) is 6.08 Å². The number of nitrogens with one attached hydrogen (secondary N) is 1. The van der Waals surface area contributed by atoms with E-state index in [4.69, 9.17) is 0 Å². The maximum atomic E-state index is 13.9. The van der Waals surface area contributed by atoms with Gasteiger partial charge in [0.2, 0.25) is 5.91 Å². The molecule has 6 heteroatoms. The van der Waals surface area contributed by atoms with Gasteiger partial charge in [0.1, 0.15) is 17.5 Å². The Labute approximate surface area is 149 Å². The summed E-state index contributed by atoms with van der Waals surface area (Å²) in [4.78, 5) is 12.2. The summed E-state index contributed by atoms with van der Waals surface area (Å²) in [7, 11) is 0. The first-order valence-electron chi connectivity index (χ1n) is 8.03. The van der Waals surface area contributed by atoms with Crippen LogP contribution in [0.1, 0.15) is 16.7 Å². The fraction of sp³-hybridized carbons (Fsp3) is 0.100. The molecule has 0 radical (unpaired) electrons. The lowest BCUT2D eigenvalue weighted by Gasteiger charge is -2.10. The second-order valence-electron chi connectivity index (χ2n) is 5.80. The standard InChI is InChI=1S/C20H17F2N3O/c1-14-12-23-25(13-16-11-17(21)8-9-18(16)22)20(14)24-19(26)10-7-15-5-3-2-4-6-15/h2-12H,13H2,1H3,(H,24,26)/b10-7+. The van der Waals surface area contributed by atoms with Gasteiger partial charge in [-0.05, 0) is 36.8 Å². The minimum atomic E-state index is -0.527. The zero-order valence-corrected chi connectivity index (χ0v) is 14.1. The number of aryl methyl sites for hydroxylation is 1. The predicted molar refractivity (Wildman–Crippen MR) is 96.5 cm³/mol. The summed E-state index contributed by atoms with van der Waals surface area (Å²) in [5.41, 5.74) is 1.78. The Morgan fingerprint density at radius 2 is 1.96 bits per heavy atom. The van der Waals surface area contributed by atoms with E-state index in [-0.39, 0.29) is 18.0 Å². The van der Waals surface area contributed by atoms with Gasteiger partial charge >= 0.3 is 0 Å². The van der Waals surface area contributed by atoms with Crippen LogP contribution in [-0.2, 0) is 11.3 Å². The Hall–Kier alpha value is -3.28. The number of hydrogen-bond donors (Lipinski definition) is 1. The average molecular weight is 353 g/mol. The number of hydrogen-bond acceptors (Lipinski definition) is 2. The average Bonchev–Trinajstić information content (AvgIpc) is 2.97. The van der Waals surface area contributed by atoms with Crippen molar-refractivity contribution in [1.29, 1.82) is 0 Å². The number of halogens is 2. The molecule has 0 aliphatic rings. The third-order valence-corrected chi connectivity index (χ3v) is 3.82. The highest BCUT2D eigenvalue weighted by Gasteiger charge is 2.12. The predicted octanol–water partition coefficient (Wildman–Crippen LogP) is 4.17. The molecule has 0 saturated heterocycles. The van der Waals surface area contributed by atoms with E-state index in [0.717, 1.165) is 29.3 Å². The summed E-state index contributed by atoms with van der Waals surface area (Å²) in [6.07, 6.45) is 4.67. The Morgan fingerprint density at radius 3 is 2.73 bits per heavy atom. The van der Waals surface area contributed by atoms with Crippen molar-refractivity contribution in [2.45, 2.75) is 13.5 Å². The van der Waals surface area contributed by atoms with Gasteiger partial charge < -0.3 is 5.32 Å². The fourth-order valence-electron chi connectivity index (χ4n) is 2.48. The third-order valence-electron chi connectivity index (χ3n) is 3.82. The van der Waals surface area contributed by atoms with Crippen LogP contribution in [0, 0.1) is 18.6 Å². The molecule has 0 fully saturated rings. The van der Waals surface area contributed by atoms with Crippen LogP contribution in [-0.4, -0.2) is 15.7 Å². The number of carbonyl (C=O) groups excluding carboxylic acids is 1. The van der Waals surface area contributed by atoms with Gasteiger partial charge in [0, 0.05) is 17.2 Å². The highest BCUT2D eigenvalue weighted by atomic mass is 19.1. The van der Waals surface area contributed by atoms with Crippen molar-refractivity contribution in [3.8, 4) is 0 Å². The molecule has 3 aromatic rings. The zero-order chi connectivity index (χ0) is 18.5. The van der Waals surface area contributed by atoms with E-state index in [2.05, 4.69) is 10.4 Å². The second kappa shape index (κ2) is 7.74. The van der Waals surface area contributed by atoms with Crippen molar-refractivity contribution < 1.29 is 13.6 Å². The minimum absolute atomic E-state index is 0.00937. The fourth-order valence-corrected chi connectivity index (χ4v) is 2.48. The van der Waals surface area contributed by atoms with E-state index < -0.39 is 11.6 Å². The molecule has 3 rings (SSSR count). The minimum Gasteiger partial charge on any atom is -0.307 e. The molecule has 0 unspecified atom stereocenters. The van der Waals surface area contributed by atoms with E-state index >= 15 is 0 Å². The van der Waals surface area contributed by atoms with Crippen molar-refractivity contribution in [3.05, 3.63) is 89.1 Å². The smallest absolute Gasteiger partial charge is 0.249 e. The molecule has 1 heterocycles. The molecule has 1 aromatic heterocycles. The van der Waals surface area contributed by atoms with Gasteiger partial charge in [-0.25, -0.2) is 13.5 Å². The second-order valence-corrected chi connectivity index (χ2v) is 5.80. The molecule has 2 aromatic carbocycles. The Morgan fingerprint density at radius 1 is 1.19 bits per heavy atom. The molecule has 1 amide bonds. The van der Waals surface area contributed by atoms with Gasteiger partial charge in [0.15, 0.2) is 0 Å². The lowest BCUT2D eigenvalue weighted by atomic mass is 10.2. The van der Waals surface area contributed by atoms with Crippen LogP contribution in [0.15, 0.2) is 60.8 Å². The van der Waals surface area contributed by atoms with Crippen molar-refractivity contribution in [3.63, 3.8) is 0 Å². The normalized spacial score (nSPS) is 11.0. The molecular formula is C20H17F2N3O. The first-order valence-corrected chi connectivity index (χ1v) is 8.03. The van der Waals surface area contributed by atoms with Crippen LogP contribution in [0.3, 0.4) is 0 Å². The van der Waals surface area contributed by atoms with E-state index in [0.29, 0.717) is 5.82 Å². The molecule has 132 valence electrons. The highest BCUT2D eigenvalue weighted by Crippen LogP contribution is 2.18. The molecule has 0 spiro atoms. The zero-order valence-electron chi connectivity index (χ0n) is 14.1. The number of carbonyl (C=O) groups is 1. The molecule has 1 N–H and O–H groups in total. The number of amides is 1. The van der Waals surface area contributed by atoms with E-state index in [1.54, 1.807) is 19.2 Å². The molecule has 0 saturated carbocycles. The van der Waals surface area contributed by atoms with Crippen molar-refractivity contribution in [1.82, 2.24) is 9.78 Å². The van der Waals surface area contributed by atoms with Crippen molar-refractivity contribution >= 4 is 17.8 Å². The van der Waals surface area contributed by atoms with E-state index in [1.807, 2.05) is 30.3 Å². The number of aromatic nitrogens is 2. The van der Waals surface area contributed by atoms with Gasteiger partial charge in [-0.3, -0.25) is 4.79 Å². The number of rotatable bonds is 5. The number of nitrogens with zero attached hydrogens (tertiary/aromatic N) is 2. The van der Waals surface area contributed by atoms with Crippen LogP contribution >= 0.6 is 0 Å². The molecule has 0 atom stereocenters. The monoisotopic (exact) mass is 353 g/mol. The molecule has 4 nitrogen and oxygen atoms in total. The van der Waals surface area contributed by atoms with Crippen LogP contribution in [0.4, 0.5) is 14.6 Å². The first kappa shape index (κ1) is 17.5. The molecule has 0 bridgehead atoms. The van der Waals surface area contributed by atoms with E-state index in [9.17, 15) is 13.6 Å². The highest BCUT2D eigenvalue weighted by molar-refractivity contribution is 6.01. The quantitative estimate of drug-likeness (QED) is 0.700. The van der Waals surface area contributed by atoms with Crippen LogP contribution in [0.2, 0.25) is 0 Å². The Bertz CT molecular complexity index is 949. The van der Waals surface area contributed by atoms with Gasteiger partial charge in [0.25, 0.3) is 0 Å². The molecule has 0 aliphatic carbocycles. The van der Waals surface area contributed by atoms with Crippen LogP contribution in [0.5, 0.6) is 0 Å². The summed E-state index contributed by atoms with van der Waals surface area (Å²) in [5.74, 6) is -0.947. The molecule has 0 aliphatic heterocycles. The van der Waals surface area contributed by atoms with Gasteiger partial charge in [-0.15, -0.1) is 0 Å². The summed E-state index contributed by atoms with van der Waals surface area (Å²) >= 11 is 0. The largest absolute Gasteiger partial charge is 0.307 e. The van der Waals surface area contributed by atoms with Crippen molar-refractivity contribution in [2.24, 2.45) is 0 Å². The van der Waals surface area contributed by atoms with Gasteiger partial charge in [0.05, 0.1) is 12.7 Å². The Balaban J connectivity index is 1.76. The lowest BCUT2D eigenvalue weighted by Crippen LogP contribution is -2.15. The Kier molecular flexibility index (Phi) is 5.22. The summed E-state index contributed by atoms with van der Waals surface area (Å²) in [6.45, 7) is 1.79. The number of benzene rings is 2. The third kappa shape index (κ3) is 4.22. The first-order chi connectivity index (χ1) is 12.5. The van der Waals surface area contributed by atoms with Gasteiger partial charge in [-0.2, -0.15) is 5.10 Å². The maximum Gasteiger partial charge on any atom is 0.249 e. The summed E-state index contributed by atoms with van der Waals surface area (Å²) < 4.78 is 28.6. The maximum absolute atomic E-state index is 13.9. The topological polar surface area (TPSA) is 46.9 Å². The molecule has 26 heavy (non-hydrogen) atoms. The van der Waals surface area contributed by atoms with E-state index in [1.165, 1.54) is 10.8 Å². The van der Waals surface area contributed by atoms with Gasteiger partial charge in [-0.1, -0.05) is 30.3 Å². The summed E-state index contributed by atoms with van der Waals surface area (Å²) in [6, 6.07) is 12.7. The summed E-state index contributed by atoms with van der Waals surface area (Å²) in [5, 5.41) is 6.88. The lowest BCUT2D eigenvalue weighted by molar-refractivity contribution is -0.111. The van der Waals surface area contributed by atoms with Crippen molar-refractivity contribution in [2.75, 3.05) is 5.32 Å². The number of anilines is 1.